The molecule has 0 amide bonds. The van der Waals surface area contributed by atoms with Gasteiger partial charge in [0.1, 0.15) is 18.0 Å². The van der Waals surface area contributed by atoms with Crippen LogP contribution >= 0.6 is 19.4 Å². The second-order valence-corrected chi connectivity index (χ2v) is 8.20. The summed E-state index contributed by atoms with van der Waals surface area (Å²) in [5.74, 6) is 2.18. The molecule has 2 aliphatic heterocycles. The minimum absolute atomic E-state index is 0.00830. The number of anilines is 1. The molecule has 1 unspecified atom stereocenters. The van der Waals surface area contributed by atoms with E-state index < -0.39 is 43.7 Å². The third-order valence-electron chi connectivity index (χ3n) is 4.06. The Labute approximate surface area is 159 Å². The van der Waals surface area contributed by atoms with Crippen molar-refractivity contribution in [1.29, 1.82) is 0 Å². The van der Waals surface area contributed by atoms with Gasteiger partial charge in [0, 0.05) is 17.1 Å². The fourth-order valence-electron chi connectivity index (χ4n) is 2.89. The van der Waals surface area contributed by atoms with E-state index in [1.807, 2.05) is 5.38 Å². The Balaban J connectivity index is 2.04. The highest BCUT2D eigenvalue weighted by Crippen LogP contribution is 2.60. The van der Waals surface area contributed by atoms with E-state index in [1.54, 1.807) is 20.8 Å². The summed E-state index contributed by atoms with van der Waals surface area (Å²) in [6.07, 6.45) is -3.23. The van der Waals surface area contributed by atoms with Crippen LogP contribution in [-0.2, 0) is 22.9 Å². The Kier molecular flexibility index (Phi) is 5.38. The van der Waals surface area contributed by atoms with Gasteiger partial charge in [-0.05, 0) is 38.3 Å². The number of rotatable bonds is 3. The predicted octanol–water partition coefficient (Wildman–Crippen LogP) is 1.89. The van der Waals surface area contributed by atoms with Gasteiger partial charge in [0.2, 0.25) is 5.67 Å². The summed E-state index contributed by atoms with van der Waals surface area (Å²) in [5, 5.41) is 1.95. The Morgan fingerprint density at radius 2 is 2.30 bits per heavy atom. The summed E-state index contributed by atoms with van der Waals surface area (Å²) in [6.45, 7) is 4.56. The van der Waals surface area contributed by atoms with Gasteiger partial charge in [-0.2, -0.15) is 4.98 Å². The maximum absolute atomic E-state index is 15.9. The van der Waals surface area contributed by atoms with Crippen molar-refractivity contribution in [2.45, 2.75) is 51.0 Å². The summed E-state index contributed by atoms with van der Waals surface area (Å²) < 4.78 is 50.7. The Hall–Kier alpha value is -1.47. The molecule has 2 aliphatic rings. The number of hydrogen-bond donors (Lipinski definition) is 1. The number of phosphoric acid groups is 1. The summed E-state index contributed by atoms with van der Waals surface area (Å²) in [6, 6.07) is 0. The minimum Gasteiger partial charge on any atom is -0.383 e. The average Bonchev–Trinajstić information content (AvgIpc) is 2.83. The zero-order valence-electron chi connectivity index (χ0n) is 14.7. The van der Waals surface area contributed by atoms with Crippen LogP contribution in [0.4, 0.5) is 10.2 Å². The largest absolute Gasteiger partial charge is 0.475 e. The van der Waals surface area contributed by atoms with E-state index in [1.165, 1.54) is 6.20 Å². The first-order valence-corrected chi connectivity index (χ1v) is 9.87. The van der Waals surface area contributed by atoms with Gasteiger partial charge in [0.05, 0.1) is 12.7 Å². The number of halogens is 2. The van der Waals surface area contributed by atoms with Crippen LogP contribution in [0.15, 0.2) is 11.0 Å². The number of aryl methyl sites for hydroxylation is 1. The minimum atomic E-state index is -4.04. The second kappa shape index (κ2) is 7.17. The van der Waals surface area contributed by atoms with Gasteiger partial charge in [-0.1, -0.05) is 0 Å². The summed E-state index contributed by atoms with van der Waals surface area (Å²) in [5.41, 5.74) is 2.58. The number of nitrogens with two attached hydrogens (primary N) is 1. The Morgan fingerprint density at radius 1 is 1.59 bits per heavy atom. The van der Waals surface area contributed by atoms with Crippen molar-refractivity contribution < 1.29 is 27.3 Å². The van der Waals surface area contributed by atoms with Crippen molar-refractivity contribution in [1.82, 2.24) is 9.55 Å². The molecule has 2 fully saturated rings. The fourth-order valence-corrected chi connectivity index (χ4v) is 4.62. The lowest BCUT2D eigenvalue weighted by Gasteiger charge is -2.33. The van der Waals surface area contributed by atoms with Crippen LogP contribution in [0.1, 0.15) is 25.6 Å². The van der Waals surface area contributed by atoms with E-state index in [0.29, 0.717) is 5.56 Å². The molecule has 2 N–H and O–H groups in total. The topological polar surface area (TPSA) is 115 Å². The van der Waals surface area contributed by atoms with Crippen LogP contribution in [-0.4, -0.2) is 40.1 Å². The molecule has 0 bridgehead atoms. The smallest absolute Gasteiger partial charge is 0.383 e. The molecule has 0 spiro atoms. The third kappa shape index (κ3) is 3.63. The van der Waals surface area contributed by atoms with Gasteiger partial charge < -0.3 is 10.5 Å². The molecule has 1 aromatic rings. The van der Waals surface area contributed by atoms with E-state index in [2.05, 4.69) is 10.9 Å². The van der Waals surface area contributed by atoms with Gasteiger partial charge in [0.25, 0.3) is 0 Å². The Morgan fingerprint density at radius 3 is 2.93 bits per heavy atom. The molecule has 5 atom stereocenters. The molecule has 0 aromatic carbocycles. The maximum Gasteiger partial charge on any atom is 0.475 e. The van der Waals surface area contributed by atoms with Gasteiger partial charge in [-0.3, -0.25) is 18.1 Å². The molecule has 3 heterocycles. The molecule has 0 radical (unpaired) electrons. The number of alkyl halides is 1. The molecule has 9 nitrogen and oxygen atoms in total. The molecule has 27 heavy (non-hydrogen) atoms. The Bertz CT molecular complexity index is 915. The standard InChI is InChI=1S/C15H18ClFN3O6P/c1-8(2)25-27(22)23-7-10-11(26-27)15(17,4-5-16)13(24-10)20-6-9(3)12(18)19-14(20)21/h6,8,10-11,13H,7H2,1-3H3,(H2,18,19,21)/t10-,11-,13-,15-,27?/m1/s1. The van der Waals surface area contributed by atoms with Crippen LogP contribution in [0.2, 0.25) is 0 Å². The van der Waals surface area contributed by atoms with Gasteiger partial charge in [0.15, 0.2) is 6.23 Å². The van der Waals surface area contributed by atoms with E-state index in [-0.39, 0.29) is 12.4 Å². The molecule has 3 rings (SSSR count). The van der Waals surface area contributed by atoms with Crippen LogP contribution in [0.3, 0.4) is 0 Å². The van der Waals surface area contributed by atoms with Crippen LogP contribution in [0.25, 0.3) is 0 Å². The third-order valence-corrected chi connectivity index (χ3v) is 5.78. The van der Waals surface area contributed by atoms with Gasteiger partial charge >= 0.3 is 13.5 Å². The number of hydrogen-bond acceptors (Lipinski definition) is 8. The lowest BCUT2D eigenvalue weighted by Crippen LogP contribution is -2.47. The summed E-state index contributed by atoms with van der Waals surface area (Å²) >= 11 is 5.44. The molecule has 0 aliphatic carbocycles. The monoisotopic (exact) mass is 421 g/mol. The molecule has 1 aromatic heterocycles. The quantitative estimate of drug-likeness (QED) is 0.581. The number of fused-ring (bicyclic) bond motifs is 1. The molecule has 148 valence electrons. The fraction of sp³-hybridized carbons (Fsp3) is 0.600. The first kappa shape index (κ1) is 20.3. The molecular formula is C15H18ClFN3O6P. The van der Waals surface area contributed by atoms with E-state index in [9.17, 15) is 9.36 Å². The van der Waals surface area contributed by atoms with Crippen molar-refractivity contribution in [3.63, 3.8) is 0 Å². The first-order valence-electron chi connectivity index (χ1n) is 8.03. The summed E-state index contributed by atoms with van der Waals surface area (Å²) in [4.78, 5) is 15.9. The zero-order valence-corrected chi connectivity index (χ0v) is 16.4. The number of ether oxygens (including phenoxy) is 1. The molecule has 12 heteroatoms. The van der Waals surface area contributed by atoms with Crippen LogP contribution in [0, 0.1) is 18.2 Å². The molecule has 0 saturated carbocycles. The average molecular weight is 422 g/mol. The van der Waals surface area contributed by atoms with Crippen molar-refractivity contribution >= 4 is 25.2 Å². The van der Waals surface area contributed by atoms with Crippen LogP contribution in [0.5, 0.6) is 0 Å². The predicted molar refractivity (Wildman–Crippen MR) is 93.7 cm³/mol. The highest BCUT2D eigenvalue weighted by Gasteiger charge is 2.64. The maximum atomic E-state index is 15.9. The lowest BCUT2D eigenvalue weighted by atomic mass is 9.97. The summed E-state index contributed by atoms with van der Waals surface area (Å²) in [7, 11) is -4.04. The van der Waals surface area contributed by atoms with Gasteiger partial charge in [-0.15, -0.1) is 0 Å². The molecule has 2 saturated heterocycles. The van der Waals surface area contributed by atoms with Gasteiger partial charge in [-0.25, -0.2) is 13.8 Å². The van der Waals surface area contributed by atoms with E-state index in [0.717, 1.165) is 4.57 Å². The van der Waals surface area contributed by atoms with Crippen molar-refractivity contribution in [3.05, 3.63) is 22.2 Å². The van der Waals surface area contributed by atoms with E-state index >= 15 is 4.39 Å². The number of aromatic nitrogens is 2. The second-order valence-electron chi connectivity index (χ2n) is 6.44. The number of nitrogen functional groups attached to an aromatic ring is 1. The highest BCUT2D eigenvalue weighted by molar-refractivity contribution is 7.48. The molecular weight excluding hydrogens is 404 g/mol. The van der Waals surface area contributed by atoms with Crippen molar-refractivity contribution in [3.8, 4) is 11.3 Å². The van der Waals surface area contributed by atoms with E-state index in [4.69, 9.17) is 35.6 Å². The highest BCUT2D eigenvalue weighted by atomic mass is 35.5. The van der Waals surface area contributed by atoms with Crippen molar-refractivity contribution in [2.75, 3.05) is 12.3 Å². The number of phosphoric ester groups is 1. The normalized spacial score (nSPS) is 35.6. The lowest BCUT2D eigenvalue weighted by molar-refractivity contribution is -0.0749. The SMILES string of the molecule is Cc1cn([C@@H]2O[C@@H]3COP(=O)(OC(C)C)O[C@H]3[C@]2(F)C#CCl)c(=O)nc1N. The number of nitrogens with zero attached hydrogens (tertiary/aromatic N) is 2. The first-order chi connectivity index (χ1) is 12.6. The van der Waals surface area contributed by atoms with Crippen LogP contribution < -0.4 is 11.4 Å². The zero-order chi connectivity index (χ0) is 20.0. The van der Waals surface area contributed by atoms with Crippen molar-refractivity contribution in [2.24, 2.45) is 0 Å².